The topological polar surface area (TPSA) is 98.9 Å². The number of halogens is 1. The molecule has 0 saturated carbocycles. The van der Waals surface area contributed by atoms with Gasteiger partial charge in [-0.2, -0.15) is 0 Å². The average molecular weight is 448 g/mol. The van der Waals surface area contributed by atoms with Crippen LogP contribution in [-0.2, 0) is 20.8 Å². The molecule has 4 rings (SSSR count). The van der Waals surface area contributed by atoms with Gasteiger partial charge in [-0.25, -0.2) is 14.0 Å². The van der Waals surface area contributed by atoms with Crippen LogP contribution in [0.2, 0.25) is 0 Å². The van der Waals surface area contributed by atoms with E-state index in [-0.39, 0.29) is 5.82 Å². The summed E-state index contributed by atoms with van der Waals surface area (Å²) in [6.45, 7) is 0.274. The standard InChI is InChI=1S/C25H21FN2O5/c26-21-10-8-18(9-11-21)22-14-28(25(31)33-22)13-16-4-6-17(7-5-16)19-2-1-3-20(12-19)24(30)32-15-23(27)29/h1-12,22H,13-15H2,(H2,27,29). The highest BCUT2D eigenvalue weighted by atomic mass is 19.1. The maximum atomic E-state index is 13.1. The zero-order chi connectivity index (χ0) is 23.4. The molecule has 1 unspecified atom stereocenters. The number of nitrogens with two attached hydrogens (primary N) is 1. The van der Waals surface area contributed by atoms with Crippen LogP contribution in [0.4, 0.5) is 9.18 Å². The van der Waals surface area contributed by atoms with Gasteiger partial charge in [-0.1, -0.05) is 48.5 Å². The number of carbonyl (C=O) groups excluding carboxylic acids is 3. The van der Waals surface area contributed by atoms with Crippen molar-refractivity contribution in [1.29, 1.82) is 0 Å². The fourth-order valence-electron chi connectivity index (χ4n) is 3.56. The first-order valence-corrected chi connectivity index (χ1v) is 10.2. The molecule has 1 heterocycles. The van der Waals surface area contributed by atoms with Gasteiger partial charge in [0.15, 0.2) is 6.61 Å². The van der Waals surface area contributed by atoms with Crippen molar-refractivity contribution in [2.24, 2.45) is 5.73 Å². The molecule has 0 aromatic heterocycles. The smallest absolute Gasteiger partial charge is 0.410 e. The van der Waals surface area contributed by atoms with Gasteiger partial charge in [-0.15, -0.1) is 0 Å². The molecular weight excluding hydrogens is 427 g/mol. The Hall–Kier alpha value is -4.20. The van der Waals surface area contributed by atoms with Crippen molar-refractivity contribution >= 4 is 18.0 Å². The van der Waals surface area contributed by atoms with Crippen LogP contribution < -0.4 is 5.73 Å². The monoisotopic (exact) mass is 448 g/mol. The number of cyclic esters (lactones) is 1. The Balaban J connectivity index is 1.41. The Morgan fingerprint density at radius 3 is 2.45 bits per heavy atom. The van der Waals surface area contributed by atoms with Crippen molar-refractivity contribution in [1.82, 2.24) is 4.90 Å². The molecule has 8 heteroatoms. The van der Waals surface area contributed by atoms with Gasteiger partial charge < -0.3 is 15.2 Å². The van der Waals surface area contributed by atoms with Crippen LogP contribution in [0.25, 0.3) is 11.1 Å². The van der Waals surface area contributed by atoms with Gasteiger partial charge in [0, 0.05) is 6.54 Å². The Bertz CT molecular complexity index is 1180. The third-order valence-corrected chi connectivity index (χ3v) is 5.23. The van der Waals surface area contributed by atoms with Gasteiger partial charge in [-0.3, -0.25) is 9.69 Å². The quantitative estimate of drug-likeness (QED) is 0.554. The van der Waals surface area contributed by atoms with Crippen LogP contribution in [0.3, 0.4) is 0 Å². The number of hydrogen-bond donors (Lipinski definition) is 1. The third kappa shape index (κ3) is 5.35. The van der Waals surface area contributed by atoms with Gasteiger partial charge in [0.25, 0.3) is 5.91 Å². The van der Waals surface area contributed by atoms with Crippen molar-refractivity contribution < 1.29 is 28.2 Å². The van der Waals surface area contributed by atoms with Crippen molar-refractivity contribution in [3.05, 3.63) is 95.3 Å². The highest BCUT2D eigenvalue weighted by Gasteiger charge is 2.32. The minimum Gasteiger partial charge on any atom is -0.452 e. The van der Waals surface area contributed by atoms with Crippen LogP contribution in [0, 0.1) is 5.82 Å². The summed E-state index contributed by atoms with van der Waals surface area (Å²) >= 11 is 0. The van der Waals surface area contributed by atoms with Crippen LogP contribution in [0.15, 0.2) is 72.8 Å². The summed E-state index contributed by atoms with van der Waals surface area (Å²) in [6.07, 6.45) is -0.856. The molecule has 1 aliphatic rings. The predicted octanol–water partition coefficient (Wildman–Crippen LogP) is 3.83. The molecule has 1 atom stereocenters. The number of primary amides is 1. The maximum Gasteiger partial charge on any atom is 0.410 e. The number of nitrogens with zero attached hydrogens (tertiary/aromatic N) is 1. The predicted molar refractivity (Wildman–Crippen MR) is 117 cm³/mol. The normalized spacial score (nSPS) is 15.2. The number of benzene rings is 3. The van der Waals surface area contributed by atoms with Crippen LogP contribution in [0.5, 0.6) is 0 Å². The first-order valence-electron chi connectivity index (χ1n) is 10.2. The van der Waals surface area contributed by atoms with E-state index in [1.807, 2.05) is 30.3 Å². The van der Waals surface area contributed by atoms with Gasteiger partial charge in [-0.05, 0) is 46.5 Å². The van der Waals surface area contributed by atoms with Crippen LogP contribution in [-0.4, -0.2) is 36.0 Å². The van der Waals surface area contributed by atoms with E-state index in [1.54, 1.807) is 35.2 Å². The van der Waals surface area contributed by atoms with E-state index >= 15 is 0 Å². The molecule has 0 spiro atoms. The van der Waals surface area contributed by atoms with Gasteiger partial charge >= 0.3 is 12.1 Å². The summed E-state index contributed by atoms with van der Waals surface area (Å²) in [5.74, 6) is -1.69. The number of esters is 1. The molecule has 7 nitrogen and oxygen atoms in total. The second kappa shape index (κ2) is 9.52. The fraction of sp³-hybridized carbons (Fsp3) is 0.160. The highest BCUT2D eigenvalue weighted by molar-refractivity contribution is 5.92. The third-order valence-electron chi connectivity index (χ3n) is 5.23. The lowest BCUT2D eigenvalue weighted by Crippen LogP contribution is -2.23. The molecular formula is C25H21FN2O5. The van der Waals surface area contributed by atoms with E-state index in [2.05, 4.69) is 0 Å². The first-order chi connectivity index (χ1) is 15.9. The zero-order valence-electron chi connectivity index (χ0n) is 17.6. The molecule has 2 N–H and O–H groups in total. The Morgan fingerprint density at radius 2 is 1.76 bits per heavy atom. The van der Waals surface area contributed by atoms with Crippen molar-refractivity contribution in [2.45, 2.75) is 12.6 Å². The zero-order valence-corrected chi connectivity index (χ0v) is 17.6. The molecule has 0 radical (unpaired) electrons. The van der Waals surface area contributed by atoms with Gasteiger partial charge in [0.05, 0.1) is 12.1 Å². The summed E-state index contributed by atoms with van der Waals surface area (Å²) in [7, 11) is 0. The van der Waals surface area contributed by atoms with E-state index in [9.17, 15) is 18.8 Å². The lowest BCUT2D eigenvalue weighted by atomic mass is 10.0. The van der Waals surface area contributed by atoms with E-state index < -0.39 is 30.7 Å². The van der Waals surface area contributed by atoms with E-state index in [4.69, 9.17) is 15.2 Å². The van der Waals surface area contributed by atoms with Crippen molar-refractivity contribution in [3.8, 4) is 11.1 Å². The number of ether oxygens (including phenoxy) is 2. The second-order valence-corrected chi connectivity index (χ2v) is 7.62. The SMILES string of the molecule is NC(=O)COC(=O)c1cccc(-c2ccc(CN3CC(c4ccc(F)cc4)OC3=O)cc2)c1. The molecule has 1 fully saturated rings. The molecule has 0 bridgehead atoms. The average Bonchev–Trinajstić information content (AvgIpc) is 3.18. The molecule has 168 valence electrons. The Kier molecular flexibility index (Phi) is 6.35. The van der Waals surface area contributed by atoms with E-state index in [0.717, 1.165) is 22.3 Å². The maximum absolute atomic E-state index is 13.1. The number of rotatable bonds is 7. The summed E-state index contributed by atoms with van der Waals surface area (Å²) in [5, 5.41) is 0. The minimum absolute atomic E-state index is 0.310. The highest BCUT2D eigenvalue weighted by Crippen LogP contribution is 2.28. The second-order valence-electron chi connectivity index (χ2n) is 7.62. The lowest BCUT2D eigenvalue weighted by Gasteiger charge is -2.13. The molecule has 3 aromatic rings. The Labute approximate surface area is 189 Å². The first kappa shape index (κ1) is 22.0. The van der Waals surface area contributed by atoms with Gasteiger partial charge in [0.2, 0.25) is 0 Å². The lowest BCUT2D eigenvalue weighted by molar-refractivity contribution is -0.121. The molecule has 33 heavy (non-hydrogen) atoms. The number of hydrogen-bond acceptors (Lipinski definition) is 5. The van der Waals surface area contributed by atoms with E-state index in [0.29, 0.717) is 18.7 Å². The van der Waals surface area contributed by atoms with Crippen LogP contribution >= 0.6 is 0 Å². The van der Waals surface area contributed by atoms with E-state index in [1.165, 1.54) is 12.1 Å². The fourth-order valence-corrected chi connectivity index (χ4v) is 3.56. The largest absolute Gasteiger partial charge is 0.452 e. The van der Waals surface area contributed by atoms with Crippen LogP contribution in [0.1, 0.15) is 27.6 Å². The molecule has 3 aromatic carbocycles. The molecule has 1 saturated heterocycles. The minimum atomic E-state index is -0.721. The summed E-state index contributed by atoms with van der Waals surface area (Å²) < 4.78 is 23.4. The number of carbonyl (C=O) groups is 3. The van der Waals surface area contributed by atoms with Crippen molar-refractivity contribution in [3.63, 3.8) is 0 Å². The number of amides is 2. The van der Waals surface area contributed by atoms with Crippen molar-refractivity contribution in [2.75, 3.05) is 13.2 Å². The Morgan fingerprint density at radius 1 is 1.03 bits per heavy atom. The summed E-state index contributed by atoms with van der Waals surface area (Å²) in [4.78, 5) is 36.7. The summed E-state index contributed by atoms with van der Waals surface area (Å²) in [5.41, 5.74) is 8.64. The molecule has 2 amide bonds. The molecule has 1 aliphatic heterocycles. The summed E-state index contributed by atoms with van der Waals surface area (Å²) in [6, 6.07) is 20.3. The molecule has 0 aliphatic carbocycles. The van der Waals surface area contributed by atoms with Gasteiger partial charge in [0.1, 0.15) is 11.9 Å².